The van der Waals surface area contributed by atoms with Gasteiger partial charge in [0.15, 0.2) is 0 Å². The predicted octanol–water partition coefficient (Wildman–Crippen LogP) is 6.15. The number of nitrogens with one attached hydrogen (secondary N) is 1. The zero-order valence-corrected chi connectivity index (χ0v) is 23.5. The van der Waals surface area contributed by atoms with Crippen LogP contribution in [0.4, 0.5) is 4.79 Å². The fraction of sp³-hybridized carbons (Fsp3) is 0.294. The number of benzene rings is 4. The first-order valence-corrected chi connectivity index (χ1v) is 14.1. The summed E-state index contributed by atoms with van der Waals surface area (Å²) in [5.74, 6) is 0.934. The summed E-state index contributed by atoms with van der Waals surface area (Å²) in [6.07, 6.45) is 1.06. The van der Waals surface area contributed by atoms with Gasteiger partial charge < -0.3 is 24.4 Å². The Balaban J connectivity index is 1.16. The Morgan fingerprint density at radius 1 is 0.902 bits per heavy atom. The number of amides is 2. The van der Waals surface area contributed by atoms with Gasteiger partial charge in [0.05, 0.1) is 19.3 Å². The molecule has 2 atom stereocenters. The van der Waals surface area contributed by atoms with Crippen LogP contribution in [0, 0.1) is 0 Å². The Bertz CT molecular complexity index is 1470. The number of carbonyl (C=O) groups is 2. The number of fused-ring (bicyclic) bond motifs is 1. The predicted molar refractivity (Wildman–Crippen MR) is 159 cm³/mol. The number of hydrogen-bond donors (Lipinski definition) is 1. The monoisotopic (exact) mass is 552 g/mol. The molecule has 7 heteroatoms. The van der Waals surface area contributed by atoms with Gasteiger partial charge >= 0.3 is 12.0 Å². The van der Waals surface area contributed by atoms with Crippen molar-refractivity contribution >= 4 is 22.8 Å². The molecular formula is C34H36N2O5. The largest absolute Gasteiger partial charge is 0.494 e. The highest BCUT2D eigenvalue weighted by Gasteiger charge is 2.38. The van der Waals surface area contributed by atoms with Crippen molar-refractivity contribution in [3.63, 3.8) is 0 Å². The molecule has 0 saturated carbocycles. The minimum atomic E-state index is -1.17. The molecule has 4 aromatic carbocycles. The molecular weight excluding hydrogens is 516 g/mol. The summed E-state index contributed by atoms with van der Waals surface area (Å²) in [6, 6.07) is 31.5. The van der Waals surface area contributed by atoms with E-state index in [0.717, 1.165) is 16.9 Å². The van der Waals surface area contributed by atoms with Gasteiger partial charge in [0.1, 0.15) is 11.5 Å². The Hall–Kier alpha value is -4.52. The number of nitrogens with zero attached hydrogens (tertiary/aromatic N) is 1. The molecule has 1 aliphatic heterocycles. The summed E-state index contributed by atoms with van der Waals surface area (Å²) in [7, 11) is 0. The molecule has 1 aliphatic rings. The fourth-order valence-electron chi connectivity index (χ4n) is 5.16. The molecule has 0 spiro atoms. The van der Waals surface area contributed by atoms with Gasteiger partial charge in [0.2, 0.25) is 5.60 Å². The van der Waals surface area contributed by atoms with Gasteiger partial charge in [-0.3, -0.25) is 0 Å². The van der Waals surface area contributed by atoms with Crippen LogP contribution in [-0.2, 0) is 22.5 Å². The van der Waals surface area contributed by atoms with E-state index in [-0.39, 0.29) is 18.7 Å². The minimum absolute atomic E-state index is 0.0464. The highest BCUT2D eigenvalue weighted by atomic mass is 16.6. The van der Waals surface area contributed by atoms with Crippen molar-refractivity contribution in [3.8, 4) is 11.5 Å². The van der Waals surface area contributed by atoms with Gasteiger partial charge in [-0.15, -0.1) is 0 Å². The first-order chi connectivity index (χ1) is 19.9. The lowest BCUT2D eigenvalue weighted by molar-refractivity contribution is -0.160. The third-order valence-electron chi connectivity index (χ3n) is 7.34. The molecule has 0 radical (unpaired) electrons. The summed E-state index contributed by atoms with van der Waals surface area (Å²) in [5.41, 5.74) is 0.861. The lowest BCUT2D eigenvalue weighted by atomic mass is 9.96. The van der Waals surface area contributed by atoms with E-state index in [1.165, 1.54) is 10.8 Å². The zero-order chi connectivity index (χ0) is 28.7. The Labute approximate surface area is 241 Å². The van der Waals surface area contributed by atoms with Crippen LogP contribution in [-0.4, -0.2) is 48.3 Å². The molecule has 212 valence electrons. The van der Waals surface area contributed by atoms with Gasteiger partial charge in [0.25, 0.3) is 0 Å². The van der Waals surface area contributed by atoms with E-state index in [9.17, 15) is 9.59 Å². The topological polar surface area (TPSA) is 77.1 Å². The molecule has 0 aliphatic carbocycles. The SMILES string of the molecule is CCOC(=O)C(C)(Cc1ccc(OCCC2CNC(=O)N2Cc2ccc3ccccc3c2)cc1)Oc1ccccc1. The van der Waals surface area contributed by atoms with Crippen LogP contribution in [0.5, 0.6) is 11.5 Å². The number of ether oxygens (including phenoxy) is 3. The summed E-state index contributed by atoms with van der Waals surface area (Å²) in [4.78, 5) is 27.3. The Kier molecular flexibility index (Phi) is 8.73. The molecule has 1 fully saturated rings. The molecule has 1 heterocycles. The van der Waals surface area contributed by atoms with E-state index < -0.39 is 11.6 Å². The number of esters is 1. The van der Waals surface area contributed by atoms with Crippen molar-refractivity contribution in [1.29, 1.82) is 0 Å². The molecule has 41 heavy (non-hydrogen) atoms. The van der Waals surface area contributed by atoms with Crippen LogP contribution >= 0.6 is 0 Å². The minimum Gasteiger partial charge on any atom is -0.494 e. The first kappa shape index (κ1) is 28.0. The van der Waals surface area contributed by atoms with Crippen LogP contribution in [0.3, 0.4) is 0 Å². The van der Waals surface area contributed by atoms with Crippen molar-refractivity contribution in [3.05, 3.63) is 108 Å². The van der Waals surface area contributed by atoms with Crippen molar-refractivity contribution in [2.45, 2.75) is 44.9 Å². The maximum absolute atomic E-state index is 12.8. The molecule has 2 unspecified atom stereocenters. The lowest BCUT2D eigenvalue weighted by Gasteiger charge is -2.28. The molecule has 2 amide bonds. The van der Waals surface area contributed by atoms with Gasteiger partial charge in [-0.25, -0.2) is 9.59 Å². The third-order valence-corrected chi connectivity index (χ3v) is 7.34. The summed E-state index contributed by atoms with van der Waals surface area (Å²) in [6.45, 7) is 5.45. The molecule has 5 rings (SSSR count). The lowest BCUT2D eigenvalue weighted by Crippen LogP contribution is -2.45. The van der Waals surface area contributed by atoms with E-state index in [0.29, 0.717) is 38.3 Å². The van der Waals surface area contributed by atoms with Gasteiger partial charge in [-0.05, 0) is 66.1 Å². The fourth-order valence-corrected chi connectivity index (χ4v) is 5.16. The van der Waals surface area contributed by atoms with Crippen LogP contribution in [0.1, 0.15) is 31.4 Å². The van der Waals surface area contributed by atoms with Crippen LogP contribution in [0.2, 0.25) is 0 Å². The molecule has 7 nitrogen and oxygen atoms in total. The average molecular weight is 553 g/mol. The molecule has 0 bridgehead atoms. The van der Waals surface area contributed by atoms with E-state index in [1.54, 1.807) is 13.8 Å². The third kappa shape index (κ3) is 6.98. The normalized spacial score (nSPS) is 16.2. The second-order valence-corrected chi connectivity index (χ2v) is 10.5. The van der Waals surface area contributed by atoms with E-state index >= 15 is 0 Å². The second kappa shape index (κ2) is 12.8. The summed E-state index contributed by atoms with van der Waals surface area (Å²) in [5, 5.41) is 5.33. The van der Waals surface area contributed by atoms with Crippen LogP contribution in [0.15, 0.2) is 97.1 Å². The Morgan fingerprint density at radius 3 is 2.37 bits per heavy atom. The van der Waals surface area contributed by atoms with Crippen molar-refractivity contribution in [1.82, 2.24) is 10.2 Å². The molecule has 4 aromatic rings. The van der Waals surface area contributed by atoms with Gasteiger partial charge in [-0.1, -0.05) is 66.7 Å². The number of para-hydroxylation sites is 1. The van der Waals surface area contributed by atoms with Gasteiger partial charge in [0, 0.05) is 25.9 Å². The quantitative estimate of drug-likeness (QED) is 0.214. The maximum atomic E-state index is 12.8. The van der Waals surface area contributed by atoms with E-state index in [4.69, 9.17) is 14.2 Å². The summed E-state index contributed by atoms with van der Waals surface area (Å²) >= 11 is 0. The highest BCUT2D eigenvalue weighted by Crippen LogP contribution is 2.26. The average Bonchev–Trinajstić information content (AvgIpc) is 3.33. The number of rotatable bonds is 12. The second-order valence-electron chi connectivity index (χ2n) is 10.5. The molecule has 0 aromatic heterocycles. The molecule has 1 saturated heterocycles. The maximum Gasteiger partial charge on any atom is 0.350 e. The van der Waals surface area contributed by atoms with Crippen molar-refractivity contribution in [2.24, 2.45) is 0 Å². The number of carbonyl (C=O) groups excluding carboxylic acids is 2. The van der Waals surface area contributed by atoms with Gasteiger partial charge in [-0.2, -0.15) is 0 Å². The highest BCUT2D eigenvalue weighted by molar-refractivity contribution is 5.83. The molecule has 1 N–H and O–H groups in total. The standard InChI is InChI=1S/C34H36N2O5/c1-3-39-32(37)34(2,41-31-11-5-4-6-12-31)22-25-14-17-30(18-15-25)40-20-19-29-23-35-33(38)36(29)24-26-13-16-27-9-7-8-10-28(27)21-26/h4-18,21,29H,3,19-20,22-24H2,1-2H3,(H,35,38). The van der Waals surface area contributed by atoms with Crippen molar-refractivity contribution in [2.75, 3.05) is 19.8 Å². The first-order valence-electron chi connectivity index (χ1n) is 14.1. The smallest absolute Gasteiger partial charge is 0.350 e. The summed E-state index contributed by atoms with van der Waals surface area (Å²) < 4.78 is 17.5. The number of hydrogen-bond acceptors (Lipinski definition) is 5. The van der Waals surface area contributed by atoms with E-state index in [2.05, 4.69) is 35.6 Å². The van der Waals surface area contributed by atoms with Crippen LogP contribution in [0.25, 0.3) is 10.8 Å². The van der Waals surface area contributed by atoms with Crippen molar-refractivity contribution < 1.29 is 23.8 Å². The Morgan fingerprint density at radius 2 is 1.61 bits per heavy atom. The van der Waals surface area contributed by atoms with E-state index in [1.807, 2.05) is 71.6 Å². The van der Waals surface area contributed by atoms with Crippen LogP contribution < -0.4 is 14.8 Å². The zero-order valence-electron chi connectivity index (χ0n) is 23.5. The number of urea groups is 1.